The molecule has 46 valence electrons. The van der Waals surface area contributed by atoms with Gasteiger partial charge in [-0.3, -0.25) is 4.79 Å². The van der Waals surface area contributed by atoms with Gasteiger partial charge in [0.15, 0.2) is 0 Å². The minimum atomic E-state index is -0.0133. The third-order valence-corrected chi connectivity index (χ3v) is 0.763. The number of rotatable bonds is 2. The summed E-state index contributed by atoms with van der Waals surface area (Å²) in [6.45, 7) is 3.14. The Hall–Kier alpha value is -0.790. The average Bonchev–Trinajstić information content (AvgIpc) is 1.65. The van der Waals surface area contributed by atoms with Crippen LogP contribution in [0.4, 0.5) is 0 Å². The molecule has 0 saturated carbocycles. The highest BCUT2D eigenvalue weighted by Gasteiger charge is 1.93. The highest BCUT2D eigenvalue weighted by molar-refractivity contribution is 5.77. The Morgan fingerprint density at radius 3 is 2.38 bits per heavy atom. The van der Waals surface area contributed by atoms with Crippen LogP contribution in [-0.4, -0.2) is 10.9 Å². The lowest BCUT2D eigenvalue weighted by Crippen LogP contribution is -1.91. The second-order valence-corrected chi connectivity index (χ2v) is 1.66. The van der Waals surface area contributed by atoms with Crippen molar-refractivity contribution in [2.45, 2.75) is 20.3 Å². The van der Waals surface area contributed by atoms with Crippen molar-refractivity contribution in [2.24, 2.45) is 0 Å². The Kier molecular flexibility index (Phi) is 2.92. The molecule has 0 aromatic heterocycles. The van der Waals surface area contributed by atoms with Crippen LogP contribution in [0.3, 0.4) is 0 Å². The number of Topliss-reactive ketones (excluding diaryl/α,β-unsaturated/α-hetero) is 1. The van der Waals surface area contributed by atoms with Gasteiger partial charge in [0.1, 0.15) is 5.78 Å². The van der Waals surface area contributed by atoms with E-state index in [9.17, 15) is 4.79 Å². The lowest BCUT2D eigenvalue weighted by Gasteiger charge is -1.90. The summed E-state index contributed by atoms with van der Waals surface area (Å²) < 4.78 is 0. The van der Waals surface area contributed by atoms with Crippen molar-refractivity contribution in [1.82, 2.24) is 0 Å². The Labute approximate surface area is 48.8 Å². The molecule has 8 heavy (non-hydrogen) atoms. The van der Waals surface area contributed by atoms with Gasteiger partial charge >= 0.3 is 0 Å². The van der Waals surface area contributed by atoms with Crippen molar-refractivity contribution in [3.8, 4) is 0 Å². The first-order chi connectivity index (χ1) is 3.66. The molecule has 0 radical (unpaired) electrons. The summed E-state index contributed by atoms with van der Waals surface area (Å²) in [6, 6.07) is 0. The number of aliphatic hydroxyl groups is 1. The molecule has 2 heteroatoms. The van der Waals surface area contributed by atoms with Crippen molar-refractivity contribution in [1.29, 1.82) is 0 Å². The van der Waals surface area contributed by atoms with Crippen LogP contribution in [0.15, 0.2) is 11.8 Å². The van der Waals surface area contributed by atoms with E-state index in [1.54, 1.807) is 6.92 Å². The molecule has 0 heterocycles. The molecule has 0 amide bonds. The Bertz CT molecular complexity index is 114. The van der Waals surface area contributed by atoms with Crippen molar-refractivity contribution < 1.29 is 9.90 Å². The number of allylic oxidation sites excluding steroid dienone is 2. The number of hydrogen-bond acceptors (Lipinski definition) is 2. The van der Waals surface area contributed by atoms with Crippen LogP contribution < -0.4 is 0 Å². The van der Waals surface area contributed by atoms with Crippen molar-refractivity contribution in [3.63, 3.8) is 0 Å². The first-order valence-electron chi connectivity index (χ1n) is 2.50. The molecular weight excluding hydrogens is 104 g/mol. The first kappa shape index (κ1) is 7.21. The molecule has 2 nitrogen and oxygen atoms in total. The van der Waals surface area contributed by atoms with E-state index in [1.165, 1.54) is 13.0 Å². The highest BCUT2D eigenvalue weighted by atomic mass is 16.3. The van der Waals surface area contributed by atoms with Gasteiger partial charge in [0, 0.05) is 0 Å². The molecule has 0 spiro atoms. The standard InChI is InChI=1S/C6H10O2/c1-3-6(8)4-5(2)7/h3,8H,4H2,1-2H3/b6-3-. The van der Waals surface area contributed by atoms with E-state index in [4.69, 9.17) is 5.11 Å². The van der Waals surface area contributed by atoms with E-state index in [-0.39, 0.29) is 18.0 Å². The van der Waals surface area contributed by atoms with Gasteiger partial charge in [-0.05, 0) is 19.9 Å². The van der Waals surface area contributed by atoms with Gasteiger partial charge in [0.2, 0.25) is 0 Å². The average molecular weight is 114 g/mol. The van der Waals surface area contributed by atoms with Crippen molar-refractivity contribution in [2.75, 3.05) is 0 Å². The quantitative estimate of drug-likeness (QED) is 0.551. The monoisotopic (exact) mass is 114 g/mol. The van der Waals surface area contributed by atoms with Crippen LogP contribution in [0.1, 0.15) is 20.3 Å². The van der Waals surface area contributed by atoms with Gasteiger partial charge in [-0.25, -0.2) is 0 Å². The van der Waals surface area contributed by atoms with Gasteiger partial charge in [-0.15, -0.1) is 0 Å². The molecule has 0 unspecified atom stereocenters. The molecule has 0 rings (SSSR count). The second-order valence-electron chi connectivity index (χ2n) is 1.66. The predicted molar refractivity (Wildman–Crippen MR) is 31.7 cm³/mol. The summed E-state index contributed by atoms with van der Waals surface area (Å²) >= 11 is 0. The van der Waals surface area contributed by atoms with Crippen LogP contribution >= 0.6 is 0 Å². The van der Waals surface area contributed by atoms with Crippen molar-refractivity contribution >= 4 is 5.78 Å². The number of hydrogen-bond donors (Lipinski definition) is 1. The number of ketones is 1. The highest BCUT2D eigenvalue weighted by Crippen LogP contribution is 1.94. The Morgan fingerprint density at radius 2 is 2.25 bits per heavy atom. The number of aliphatic hydroxyl groups excluding tert-OH is 1. The van der Waals surface area contributed by atoms with Gasteiger partial charge in [-0.1, -0.05) is 0 Å². The van der Waals surface area contributed by atoms with Gasteiger partial charge < -0.3 is 5.11 Å². The normalized spacial score (nSPS) is 11.5. The molecule has 0 aliphatic heterocycles. The summed E-state index contributed by atoms with van der Waals surface area (Å²) in [5, 5.41) is 8.67. The number of carbonyl (C=O) groups excluding carboxylic acids is 1. The minimum absolute atomic E-state index is 0.0133. The van der Waals surface area contributed by atoms with E-state index >= 15 is 0 Å². The minimum Gasteiger partial charge on any atom is -0.512 e. The molecule has 0 bridgehead atoms. The third kappa shape index (κ3) is 3.40. The fraction of sp³-hybridized carbons (Fsp3) is 0.500. The van der Waals surface area contributed by atoms with E-state index in [1.807, 2.05) is 0 Å². The largest absolute Gasteiger partial charge is 0.512 e. The predicted octanol–water partition coefficient (Wildman–Crippen LogP) is 1.43. The lowest BCUT2D eigenvalue weighted by atomic mass is 10.3. The second kappa shape index (κ2) is 3.24. The lowest BCUT2D eigenvalue weighted by molar-refractivity contribution is -0.116. The van der Waals surface area contributed by atoms with E-state index in [0.717, 1.165) is 0 Å². The van der Waals surface area contributed by atoms with Crippen LogP contribution in [0.2, 0.25) is 0 Å². The topological polar surface area (TPSA) is 37.3 Å². The molecular formula is C6H10O2. The zero-order valence-corrected chi connectivity index (χ0v) is 5.14. The van der Waals surface area contributed by atoms with Crippen LogP contribution in [0, 0.1) is 0 Å². The van der Waals surface area contributed by atoms with Gasteiger partial charge in [0.25, 0.3) is 0 Å². The molecule has 0 fully saturated rings. The van der Waals surface area contributed by atoms with Crippen LogP contribution in [0.5, 0.6) is 0 Å². The van der Waals surface area contributed by atoms with E-state index in [2.05, 4.69) is 0 Å². The molecule has 0 aliphatic rings. The van der Waals surface area contributed by atoms with Crippen LogP contribution in [0.25, 0.3) is 0 Å². The molecule has 1 N–H and O–H groups in total. The molecule has 0 aliphatic carbocycles. The van der Waals surface area contributed by atoms with E-state index < -0.39 is 0 Å². The SMILES string of the molecule is C/C=C(\O)CC(C)=O. The summed E-state index contributed by atoms with van der Waals surface area (Å²) in [5.41, 5.74) is 0. The zero-order chi connectivity index (χ0) is 6.57. The summed E-state index contributed by atoms with van der Waals surface area (Å²) in [4.78, 5) is 10.2. The third-order valence-electron chi connectivity index (χ3n) is 0.763. The fourth-order valence-corrected chi connectivity index (χ4v) is 0.357. The van der Waals surface area contributed by atoms with Crippen LogP contribution in [-0.2, 0) is 4.79 Å². The van der Waals surface area contributed by atoms with Gasteiger partial charge in [-0.2, -0.15) is 0 Å². The maximum Gasteiger partial charge on any atom is 0.137 e. The summed E-state index contributed by atoms with van der Waals surface area (Å²) in [7, 11) is 0. The fourth-order valence-electron chi connectivity index (χ4n) is 0.357. The Morgan fingerprint density at radius 1 is 1.75 bits per heavy atom. The summed E-state index contributed by atoms with van der Waals surface area (Å²) in [6.07, 6.45) is 1.68. The Balaban J connectivity index is 3.56. The smallest absolute Gasteiger partial charge is 0.137 e. The molecule has 0 atom stereocenters. The van der Waals surface area contributed by atoms with Crippen molar-refractivity contribution in [3.05, 3.63) is 11.8 Å². The molecule has 0 aromatic rings. The summed E-state index contributed by atoms with van der Waals surface area (Å²) in [5.74, 6) is 0.137. The molecule has 0 saturated heterocycles. The maximum atomic E-state index is 10.2. The number of carbonyl (C=O) groups is 1. The van der Waals surface area contributed by atoms with Gasteiger partial charge in [0.05, 0.1) is 12.2 Å². The first-order valence-corrected chi connectivity index (χ1v) is 2.50. The zero-order valence-electron chi connectivity index (χ0n) is 5.14. The maximum absolute atomic E-state index is 10.2. The van der Waals surface area contributed by atoms with E-state index in [0.29, 0.717) is 0 Å². The molecule has 0 aromatic carbocycles.